The summed E-state index contributed by atoms with van der Waals surface area (Å²) >= 11 is 0. The van der Waals surface area contributed by atoms with Gasteiger partial charge in [0.25, 0.3) is 0 Å². The molecular formula is C15H20N4. The van der Waals surface area contributed by atoms with Crippen molar-refractivity contribution >= 4 is 11.6 Å². The molecule has 19 heavy (non-hydrogen) atoms. The Morgan fingerprint density at radius 1 is 1.00 bits per heavy atom. The van der Waals surface area contributed by atoms with Gasteiger partial charge in [0, 0.05) is 25.5 Å². The van der Waals surface area contributed by atoms with Crippen molar-refractivity contribution in [2.24, 2.45) is 0 Å². The van der Waals surface area contributed by atoms with E-state index in [0.717, 1.165) is 37.6 Å². The summed E-state index contributed by atoms with van der Waals surface area (Å²) in [6.45, 7) is 3.95. The van der Waals surface area contributed by atoms with Crippen LogP contribution in [-0.4, -0.2) is 23.1 Å². The Hall–Kier alpha value is -2.10. The van der Waals surface area contributed by atoms with Gasteiger partial charge in [0.2, 0.25) is 0 Å². The number of nitrogens with zero attached hydrogens (tertiary/aromatic N) is 2. The Labute approximate surface area is 114 Å². The summed E-state index contributed by atoms with van der Waals surface area (Å²) in [5.74, 6) is 1.83. The molecule has 2 aromatic rings. The van der Waals surface area contributed by atoms with Crippen molar-refractivity contribution in [1.29, 1.82) is 0 Å². The van der Waals surface area contributed by atoms with Crippen LogP contribution in [0.4, 0.5) is 11.6 Å². The number of anilines is 2. The van der Waals surface area contributed by atoms with Gasteiger partial charge in [-0.3, -0.25) is 4.98 Å². The Bertz CT molecular complexity index is 485. The van der Waals surface area contributed by atoms with E-state index in [2.05, 4.69) is 33.6 Å². The fourth-order valence-corrected chi connectivity index (χ4v) is 1.77. The number of pyridine rings is 2. The SMILES string of the molecule is CCCNc1cccc(NCCc2cccnc2)n1. The van der Waals surface area contributed by atoms with Crippen molar-refractivity contribution in [3.8, 4) is 0 Å². The van der Waals surface area contributed by atoms with Crippen LogP contribution < -0.4 is 10.6 Å². The minimum Gasteiger partial charge on any atom is -0.370 e. The number of hydrogen-bond acceptors (Lipinski definition) is 4. The molecule has 0 radical (unpaired) electrons. The summed E-state index contributed by atoms with van der Waals surface area (Å²) in [4.78, 5) is 8.61. The van der Waals surface area contributed by atoms with Crippen LogP contribution in [-0.2, 0) is 6.42 Å². The summed E-state index contributed by atoms with van der Waals surface area (Å²) in [7, 11) is 0. The third-order valence-electron chi connectivity index (χ3n) is 2.75. The van der Waals surface area contributed by atoms with E-state index in [4.69, 9.17) is 0 Å². The molecule has 0 bridgehead atoms. The highest BCUT2D eigenvalue weighted by Gasteiger charge is 1.97. The maximum atomic E-state index is 4.50. The summed E-state index contributed by atoms with van der Waals surface area (Å²) in [5, 5.41) is 6.61. The average molecular weight is 256 g/mol. The largest absolute Gasteiger partial charge is 0.370 e. The van der Waals surface area contributed by atoms with Gasteiger partial charge in [0.1, 0.15) is 11.6 Å². The van der Waals surface area contributed by atoms with E-state index in [0.29, 0.717) is 0 Å². The van der Waals surface area contributed by atoms with Gasteiger partial charge in [0.15, 0.2) is 0 Å². The number of rotatable bonds is 7. The summed E-state index contributed by atoms with van der Waals surface area (Å²) in [6.07, 6.45) is 5.73. The fraction of sp³-hybridized carbons (Fsp3) is 0.333. The van der Waals surface area contributed by atoms with Gasteiger partial charge in [-0.1, -0.05) is 19.1 Å². The lowest BCUT2D eigenvalue weighted by Gasteiger charge is -2.08. The quantitative estimate of drug-likeness (QED) is 0.799. The molecule has 0 atom stereocenters. The van der Waals surface area contributed by atoms with Crippen molar-refractivity contribution in [3.05, 3.63) is 48.3 Å². The van der Waals surface area contributed by atoms with E-state index in [-0.39, 0.29) is 0 Å². The van der Waals surface area contributed by atoms with Crippen molar-refractivity contribution in [2.75, 3.05) is 23.7 Å². The van der Waals surface area contributed by atoms with Gasteiger partial charge in [-0.25, -0.2) is 4.98 Å². The summed E-state index contributed by atoms with van der Waals surface area (Å²) < 4.78 is 0. The van der Waals surface area contributed by atoms with Crippen molar-refractivity contribution < 1.29 is 0 Å². The van der Waals surface area contributed by atoms with E-state index >= 15 is 0 Å². The smallest absolute Gasteiger partial charge is 0.128 e. The number of nitrogens with one attached hydrogen (secondary N) is 2. The van der Waals surface area contributed by atoms with Crippen LogP contribution in [0.3, 0.4) is 0 Å². The molecule has 2 aromatic heterocycles. The summed E-state index contributed by atoms with van der Waals surface area (Å²) in [5.41, 5.74) is 1.23. The molecule has 0 fully saturated rings. The number of aromatic nitrogens is 2. The minimum atomic E-state index is 0.857. The van der Waals surface area contributed by atoms with Crippen LogP contribution in [0, 0.1) is 0 Å². The lowest BCUT2D eigenvalue weighted by atomic mass is 10.2. The second kappa shape index (κ2) is 7.36. The zero-order valence-electron chi connectivity index (χ0n) is 11.3. The molecule has 100 valence electrons. The van der Waals surface area contributed by atoms with Crippen LogP contribution in [0.25, 0.3) is 0 Å². The van der Waals surface area contributed by atoms with E-state index in [1.54, 1.807) is 6.20 Å². The zero-order chi connectivity index (χ0) is 13.3. The van der Waals surface area contributed by atoms with Crippen LogP contribution in [0.1, 0.15) is 18.9 Å². The fourth-order valence-electron chi connectivity index (χ4n) is 1.77. The molecule has 0 aliphatic carbocycles. The standard InChI is InChI=1S/C15H20N4/c1-2-9-17-14-6-3-7-15(19-14)18-11-8-13-5-4-10-16-12-13/h3-7,10,12H,2,8-9,11H2,1H3,(H2,17,18,19). The van der Waals surface area contributed by atoms with Gasteiger partial charge < -0.3 is 10.6 Å². The second-order valence-corrected chi connectivity index (χ2v) is 4.37. The Morgan fingerprint density at radius 3 is 2.47 bits per heavy atom. The second-order valence-electron chi connectivity index (χ2n) is 4.37. The predicted octanol–water partition coefficient (Wildman–Crippen LogP) is 2.95. The number of hydrogen-bond donors (Lipinski definition) is 2. The van der Waals surface area contributed by atoms with Crippen LogP contribution in [0.5, 0.6) is 0 Å². The van der Waals surface area contributed by atoms with Gasteiger partial charge in [0.05, 0.1) is 0 Å². The molecular weight excluding hydrogens is 236 g/mol. The molecule has 0 aromatic carbocycles. The van der Waals surface area contributed by atoms with E-state index in [1.807, 2.05) is 30.5 Å². The first kappa shape index (κ1) is 13.3. The molecule has 0 spiro atoms. The Kier molecular flexibility index (Phi) is 5.17. The van der Waals surface area contributed by atoms with Crippen LogP contribution >= 0.6 is 0 Å². The molecule has 0 amide bonds. The first-order valence-corrected chi connectivity index (χ1v) is 6.72. The van der Waals surface area contributed by atoms with E-state index in [1.165, 1.54) is 5.56 Å². The third-order valence-corrected chi connectivity index (χ3v) is 2.75. The first-order valence-electron chi connectivity index (χ1n) is 6.72. The van der Waals surface area contributed by atoms with Crippen molar-refractivity contribution in [1.82, 2.24) is 9.97 Å². The van der Waals surface area contributed by atoms with Crippen molar-refractivity contribution in [2.45, 2.75) is 19.8 Å². The first-order chi connectivity index (χ1) is 9.38. The lowest BCUT2D eigenvalue weighted by molar-refractivity contribution is 0.963. The lowest BCUT2D eigenvalue weighted by Crippen LogP contribution is -2.08. The van der Waals surface area contributed by atoms with Crippen molar-refractivity contribution in [3.63, 3.8) is 0 Å². The molecule has 0 aliphatic heterocycles. The molecule has 0 saturated carbocycles. The zero-order valence-corrected chi connectivity index (χ0v) is 11.3. The van der Waals surface area contributed by atoms with Crippen LogP contribution in [0.2, 0.25) is 0 Å². The Balaban J connectivity index is 1.82. The molecule has 4 nitrogen and oxygen atoms in total. The van der Waals surface area contributed by atoms with Crippen LogP contribution in [0.15, 0.2) is 42.7 Å². The molecule has 2 heterocycles. The topological polar surface area (TPSA) is 49.8 Å². The normalized spacial score (nSPS) is 10.2. The highest BCUT2D eigenvalue weighted by atomic mass is 15.1. The van der Waals surface area contributed by atoms with Gasteiger partial charge in [-0.2, -0.15) is 0 Å². The molecule has 0 aliphatic rings. The predicted molar refractivity (Wildman–Crippen MR) is 79.4 cm³/mol. The highest BCUT2D eigenvalue weighted by Crippen LogP contribution is 2.09. The van der Waals surface area contributed by atoms with E-state index in [9.17, 15) is 0 Å². The average Bonchev–Trinajstić information content (AvgIpc) is 2.47. The molecule has 2 N–H and O–H groups in total. The summed E-state index contributed by atoms with van der Waals surface area (Å²) in [6, 6.07) is 10.0. The van der Waals surface area contributed by atoms with E-state index < -0.39 is 0 Å². The monoisotopic (exact) mass is 256 g/mol. The molecule has 2 rings (SSSR count). The van der Waals surface area contributed by atoms with Gasteiger partial charge >= 0.3 is 0 Å². The maximum Gasteiger partial charge on any atom is 0.128 e. The molecule has 0 unspecified atom stereocenters. The minimum absolute atomic E-state index is 0.857. The molecule has 0 saturated heterocycles. The van der Waals surface area contributed by atoms with Gasteiger partial charge in [-0.05, 0) is 36.6 Å². The van der Waals surface area contributed by atoms with Gasteiger partial charge in [-0.15, -0.1) is 0 Å². The highest BCUT2D eigenvalue weighted by molar-refractivity contribution is 5.45. The third kappa shape index (κ3) is 4.58. The maximum absolute atomic E-state index is 4.50. The molecule has 4 heteroatoms. The Morgan fingerprint density at radius 2 is 1.79 bits per heavy atom.